The van der Waals surface area contributed by atoms with Crippen LogP contribution in [0.25, 0.3) is 0 Å². The van der Waals surface area contributed by atoms with Gasteiger partial charge in [0.05, 0.1) is 5.69 Å². The van der Waals surface area contributed by atoms with Crippen molar-refractivity contribution in [2.24, 2.45) is 0 Å². The number of para-hydroxylation sites is 1. The molecule has 2 rings (SSSR count). The van der Waals surface area contributed by atoms with Crippen molar-refractivity contribution in [3.63, 3.8) is 0 Å². The molecule has 0 atom stereocenters. The smallest absolute Gasteiger partial charge is 0.155 e. The molecule has 2 nitrogen and oxygen atoms in total. The maximum Gasteiger partial charge on any atom is 0.155 e. The SMILES string of the molecule is Cc1ccc(ONc2ccccc2)cc1. The van der Waals surface area contributed by atoms with E-state index in [2.05, 4.69) is 12.4 Å². The molecular formula is C13H13NO. The lowest BCUT2D eigenvalue weighted by atomic mass is 10.2. The molecule has 0 fully saturated rings. The largest absolute Gasteiger partial charge is 0.382 e. The fourth-order valence-corrected chi connectivity index (χ4v) is 1.23. The number of hydrogen-bond acceptors (Lipinski definition) is 2. The monoisotopic (exact) mass is 199 g/mol. The zero-order valence-corrected chi connectivity index (χ0v) is 8.60. The topological polar surface area (TPSA) is 21.3 Å². The molecule has 0 saturated heterocycles. The summed E-state index contributed by atoms with van der Waals surface area (Å²) in [6, 6.07) is 17.7. The van der Waals surface area contributed by atoms with E-state index < -0.39 is 0 Å². The van der Waals surface area contributed by atoms with Crippen molar-refractivity contribution in [1.29, 1.82) is 0 Å². The number of benzene rings is 2. The molecule has 2 aromatic rings. The van der Waals surface area contributed by atoms with Crippen LogP contribution in [0.3, 0.4) is 0 Å². The Bertz CT molecular complexity index is 408. The van der Waals surface area contributed by atoms with Crippen molar-refractivity contribution in [2.45, 2.75) is 6.92 Å². The first-order chi connectivity index (χ1) is 7.34. The second kappa shape index (κ2) is 4.51. The maximum atomic E-state index is 5.40. The molecule has 0 saturated carbocycles. The Hall–Kier alpha value is -1.96. The highest BCUT2D eigenvalue weighted by atomic mass is 16.6. The van der Waals surface area contributed by atoms with Gasteiger partial charge in [-0.25, -0.2) is 5.48 Å². The van der Waals surface area contributed by atoms with Gasteiger partial charge >= 0.3 is 0 Å². The van der Waals surface area contributed by atoms with Gasteiger partial charge in [-0.15, -0.1) is 0 Å². The lowest BCUT2D eigenvalue weighted by Crippen LogP contribution is -2.03. The van der Waals surface area contributed by atoms with Crippen molar-refractivity contribution < 1.29 is 4.84 Å². The first kappa shape index (κ1) is 9.59. The van der Waals surface area contributed by atoms with Gasteiger partial charge in [-0.2, -0.15) is 0 Å². The van der Waals surface area contributed by atoms with Crippen molar-refractivity contribution in [1.82, 2.24) is 0 Å². The third-order valence-corrected chi connectivity index (χ3v) is 2.08. The minimum absolute atomic E-state index is 0.810. The van der Waals surface area contributed by atoms with Crippen molar-refractivity contribution >= 4 is 5.69 Å². The highest BCUT2D eigenvalue weighted by molar-refractivity contribution is 5.41. The molecule has 2 aromatic carbocycles. The molecule has 0 unspecified atom stereocenters. The van der Waals surface area contributed by atoms with Gasteiger partial charge in [-0.1, -0.05) is 35.9 Å². The fourth-order valence-electron chi connectivity index (χ4n) is 1.23. The average molecular weight is 199 g/mol. The first-order valence-electron chi connectivity index (χ1n) is 4.89. The first-order valence-corrected chi connectivity index (χ1v) is 4.89. The maximum absolute atomic E-state index is 5.40. The summed E-state index contributed by atoms with van der Waals surface area (Å²) in [6.45, 7) is 2.05. The number of hydrogen-bond donors (Lipinski definition) is 1. The fraction of sp³-hybridized carbons (Fsp3) is 0.0769. The van der Waals surface area contributed by atoms with E-state index in [1.807, 2.05) is 54.6 Å². The van der Waals surface area contributed by atoms with Gasteiger partial charge in [0.25, 0.3) is 0 Å². The molecule has 0 aliphatic rings. The zero-order chi connectivity index (χ0) is 10.5. The Kier molecular flexibility index (Phi) is 2.88. The van der Waals surface area contributed by atoms with Crippen LogP contribution in [0.2, 0.25) is 0 Å². The third kappa shape index (κ3) is 2.74. The van der Waals surface area contributed by atoms with Crippen LogP contribution in [0.5, 0.6) is 5.75 Å². The molecule has 0 bridgehead atoms. The molecule has 1 N–H and O–H groups in total. The van der Waals surface area contributed by atoms with Crippen LogP contribution in [-0.2, 0) is 0 Å². The van der Waals surface area contributed by atoms with E-state index in [0.29, 0.717) is 0 Å². The number of rotatable bonds is 3. The van der Waals surface area contributed by atoms with Gasteiger partial charge in [0.15, 0.2) is 5.75 Å². The highest BCUT2D eigenvalue weighted by Crippen LogP contribution is 2.13. The molecule has 76 valence electrons. The summed E-state index contributed by atoms with van der Waals surface area (Å²) in [5.41, 5.74) is 5.05. The van der Waals surface area contributed by atoms with Gasteiger partial charge in [-0.3, -0.25) is 0 Å². The Labute approximate surface area is 89.5 Å². The van der Waals surface area contributed by atoms with Crippen molar-refractivity contribution in [3.8, 4) is 5.75 Å². The summed E-state index contributed by atoms with van der Waals surface area (Å²) in [6.07, 6.45) is 0. The van der Waals surface area contributed by atoms with Crippen LogP contribution in [0.1, 0.15) is 5.56 Å². The van der Waals surface area contributed by atoms with E-state index in [1.165, 1.54) is 5.56 Å². The molecule has 0 aromatic heterocycles. The normalized spacial score (nSPS) is 9.67. The van der Waals surface area contributed by atoms with Gasteiger partial charge in [0.1, 0.15) is 0 Å². The molecule has 15 heavy (non-hydrogen) atoms. The van der Waals surface area contributed by atoms with Crippen LogP contribution in [-0.4, -0.2) is 0 Å². The molecule has 0 radical (unpaired) electrons. The molecule has 0 heterocycles. The van der Waals surface area contributed by atoms with Crippen LogP contribution in [0.4, 0.5) is 5.69 Å². The van der Waals surface area contributed by atoms with Gasteiger partial charge in [0.2, 0.25) is 0 Å². The van der Waals surface area contributed by atoms with E-state index in [0.717, 1.165) is 11.4 Å². The average Bonchev–Trinajstić information content (AvgIpc) is 2.30. The minimum atomic E-state index is 0.810. The van der Waals surface area contributed by atoms with E-state index in [9.17, 15) is 0 Å². The molecule has 0 aliphatic heterocycles. The van der Waals surface area contributed by atoms with Crippen molar-refractivity contribution in [2.75, 3.05) is 5.48 Å². The standard InChI is InChI=1S/C13H13NO/c1-11-7-9-13(10-8-11)15-14-12-5-3-2-4-6-12/h2-10,14H,1H3. The van der Waals surface area contributed by atoms with Gasteiger partial charge < -0.3 is 4.84 Å². The summed E-state index contributed by atoms with van der Waals surface area (Å²) < 4.78 is 0. The molecule has 0 spiro atoms. The minimum Gasteiger partial charge on any atom is -0.382 e. The summed E-state index contributed by atoms with van der Waals surface area (Å²) in [5.74, 6) is 0.810. The lowest BCUT2D eigenvalue weighted by molar-refractivity contribution is 0.405. The highest BCUT2D eigenvalue weighted by Gasteiger charge is 1.93. The van der Waals surface area contributed by atoms with Gasteiger partial charge in [0, 0.05) is 0 Å². The second-order valence-corrected chi connectivity index (χ2v) is 3.38. The van der Waals surface area contributed by atoms with Crippen molar-refractivity contribution in [3.05, 3.63) is 60.2 Å². The summed E-state index contributed by atoms with van der Waals surface area (Å²) in [7, 11) is 0. The number of anilines is 1. The number of nitrogens with one attached hydrogen (secondary N) is 1. The Balaban J connectivity index is 1.96. The zero-order valence-electron chi connectivity index (χ0n) is 8.60. The Morgan fingerprint density at radius 1 is 0.867 bits per heavy atom. The lowest BCUT2D eigenvalue weighted by Gasteiger charge is -2.07. The molecule has 2 heteroatoms. The summed E-state index contributed by atoms with van der Waals surface area (Å²) >= 11 is 0. The van der Waals surface area contributed by atoms with E-state index >= 15 is 0 Å². The summed E-state index contributed by atoms with van der Waals surface area (Å²) in [4.78, 5) is 5.40. The van der Waals surface area contributed by atoms with Gasteiger partial charge in [-0.05, 0) is 31.2 Å². The third-order valence-electron chi connectivity index (χ3n) is 2.08. The van der Waals surface area contributed by atoms with Crippen LogP contribution in [0, 0.1) is 6.92 Å². The molecular weight excluding hydrogens is 186 g/mol. The Morgan fingerprint density at radius 3 is 2.20 bits per heavy atom. The van der Waals surface area contributed by atoms with Crippen LogP contribution >= 0.6 is 0 Å². The second-order valence-electron chi connectivity index (χ2n) is 3.38. The van der Waals surface area contributed by atoms with E-state index in [4.69, 9.17) is 4.84 Å². The summed E-state index contributed by atoms with van der Waals surface area (Å²) in [5, 5.41) is 0. The molecule has 0 amide bonds. The number of aryl methyl sites for hydroxylation is 1. The van der Waals surface area contributed by atoms with E-state index in [-0.39, 0.29) is 0 Å². The predicted octanol–water partition coefficient (Wildman–Crippen LogP) is 3.40. The van der Waals surface area contributed by atoms with E-state index in [1.54, 1.807) is 0 Å². The quantitative estimate of drug-likeness (QED) is 0.765. The van der Waals surface area contributed by atoms with Crippen LogP contribution in [0.15, 0.2) is 54.6 Å². The van der Waals surface area contributed by atoms with Crippen LogP contribution < -0.4 is 10.3 Å². The predicted molar refractivity (Wildman–Crippen MR) is 61.9 cm³/mol. The Morgan fingerprint density at radius 2 is 1.53 bits per heavy atom. The molecule has 0 aliphatic carbocycles.